The second-order valence-corrected chi connectivity index (χ2v) is 9.37. The molecule has 2 aromatic carbocycles. The van der Waals surface area contributed by atoms with E-state index in [-0.39, 0.29) is 11.8 Å². The molecule has 0 saturated carbocycles. The monoisotopic (exact) mass is 413 g/mol. The Balaban J connectivity index is 1.45. The van der Waals surface area contributed by atoms with Crippen molar-refractivity contribution in [3.8, 4) is 0 Å². The molecule has 152 valence electrons. The number of hydrogen-bond acceptors (Lipinski definition) is 4. The minimum Gasteiger partial charge on any atom is -0.325 e. The smallest absolute Gasteiger partial charge is 0.258 e. The average molecular weight is 413 g/mol. The van der Waals surface area contributed by atoms with Gasteiger partial charge >= 0.3 is 0 Å². The summed E-state index contributed by atoms with van der Waals surface area (Å²) in [4.78, 5) is 27.2. The number of benzene rings is 2. The molecule has 1 saturated heterocycles. The molecular weight excluding hydrogens is 390 g/mol. The van der Waals surface area contributed by atoms with Crippen molar-refractivity contribution in [3.63, 3.8) is 0 Å². The Kier molecular flexibility index (Phi) is 5.14. The van der Waals surface area contributed by atoms with Gasteiger partial charge in [0.05, 0.1) is 6.26 Å². The van der Waals surface area contributed by atoms with E-state index in [2.05, 4.69) is 5.32 Å². The zero-order valence-corrected chi connectivity index (χ0v) is 17.0. The maximum atomic E-state index is 12.9. The summed E-state index contributed by atoms with van der Waals surface area (Å²) in [6, 6.07) is 13.9. The lowest BCUT2D eigenvalue weighted by molar-refractivity contribution is -0.119. The molecular formula is C21H23N3O4S. The van der Waals surface area contributed by atoms with E-state index in [1.807, 2.05) is 24.3 Å². The SMILES string of the molecule is CS(=O)(=O)N1CCCC1C(=O)Nc1ccc(C(=O)N2CCc3ccccc32)cc1. The van der Waals surface area contributed by atoms with Crippen LogP contribution in [-0.4, -0.2) is 49.9 Å². The van der Waals surface area contributed by atoms with E-state index in [0.717, 1.165) is 23.9 Å². The van der Waals surface area contributed by atoms with Crippen LogP contribution in [0.3, 0.4) is 0 Å². The summed E-state index contributed by atoms with van der Waals surface area (Å²) in [5, 5.41) is 2.77. The second kappa shape index (κ2) is 7.61. The molecule has 1 atom stereocenters. The summed E-state index contributed by atoms with van der Waals surface area (Å²) in [7, 11) is -3.42. The molecule has 1 unspecified atom stereocenters. The number of hydrogen-bond donors (Lipinski definition) is 1. The van der Waals surface area contributed by atoms with Crippen LogP contribution < -0.4 is 10.2 Å². The number of para-hydroxylation sites is 1. The highest BCUT2D eigenvalue weighted by Crippen LogP contribution is 2.29. The Morgan fingerprint density at radius 1 is 1.03 bits per heavy atom. The quantitative estimate of drug-likeness (QED) is 0.833. The Hall–Kier alpha value is -2.71. The van der Waals surface area contributed by atoms with Crippen LogP contribution in [0.1, 0.15) is 28.8 Å². The Bertz CT molecular complexity index is 1050. The summed E-state index contributed by atoms with van der Waals surface area (Å²) in [5.74, 6) is -0.424. The topological polar surface area (TPSA) is 86.8 Å². The Morgan fingerprint density at radius 2 is 1.76 bits per heavy atom. The molecule has 0 radical (unpaired) electrons. The highest BCUT2D eigenvalue weighted by molar-refractivity contribution is 7.88. The number of sulfonamides is 1. The molecule has 2 aliphatic heterocycles. The molecule has 7 nitrogen and oxygen atoms in total. The first kappa shape index (κ1) is 19.6. The lowest BCUT2D eigenvalue weighted by Crippen LogP contribution is -2.42. The van der Waals surface area contributed by atoms with Gasteiger partial charge in [0, 0.05) is 30.0 Å². The van der Waals surface area contributed by atoms with Crippen molar-refractivity contribution >= 4 is 33.2 Å². The van der Waals surface area contributed by atoms with E-state index in [1.165, 1.54) is 4.31 Å². The van der Waals surface area contributed by atoms with Crippen molar-refractivity contribution in [2.45, 2.75) is 25.3 Å². The third kappa shape index (κ3) is 3.90. The van der Waals surface area contributed by atoms with Crippen LogP contribution in [0.4, 0.5) is 11.4 Å². The van der Waals surface area contributed by atoms with Gasteiger partial charge in [-0.2, -0.15) is 4.31 Å². The zero-order valence-electron chi connectivity index (χ0n) is 16.2. The van der Waals surface area contributed by atoms with Crippen LogP contribution in [0.25, 0.3) is 0 Å². The van der Waals surface area contributed by atoms with Gasteiger partial charge in [-0.15, -0.1) is 0 Å². The zero-order chi connectivity index (χ0) is 20.6. The van der Waals surface area contributed by atoms with E-state index in [1.54, 1.807) is 29.2 Å². The molecule has 0 aliphatic carbocycles. The molecule has 2 aliphatic rings. The normalized spacial score (nSPS) is 19.2. The number of nitrogens with zero attached hydrogens (tertiary/aromatic N) is 2. The van der Waals surface area contributed by atoms with Crippen molar-refractivity contribution in [2.24, 2.45) is 0 Å². The summed E-state index contributed by atoms with van der Waals surface area (Å²) in [6.07, 6.45) is 3.13. The van der Waals surface area contributed by atoms with Gasteiger partial charge < -0.3 is 10.2 Å². The van der Waals surface area contributed by atoms with E-state index in [0.29, 0.717) is 37.2 Å². The first-order valence-corrected chi connectivity index (χ1v) is 11.5. The maximum absolute atomic E-state index is 12.9. The number of carbonyl (C=O) groups excluding carboxylic acids is 2. The molecule has 1 N–H and O–H groups in total. The largest absolute Gasteiger partial charge is 0.325 e. The third-order valence-corrected chi connectivity index (χ3v) is 6.75. The average Bonchev–Trinajstić information content (AvgIpc) is 3.35. The molecule has 2 heterocycles. The fraction of sp³-hybridized carbons (Fsp3) is 0.333. The molecule has 0 aromatic heterocycles. The van der Waals surface area contributed by atoms with Gasteiger partial charge in [-0.05, 0) is 55.2 Å². The number of anilines is 2. The molecule has 1 fully saturated rings. The summed E-state index contributed by atoms with van der Waals surface area (Å²) >= 11 is 0. The van der Waals surface area contributed by atoms with Gasteiger partial charge in [0.2, 0.25) is 15.9 Å². The van der Waals surface area contributed by atoms with Crippen molar-refractivity contribution in [2.75, 3.05) is 29.6 Å². The highest BCUT2D eigenvalue weighted by Gasteiger charge is 2.36. The summed E-state index contributed by atoms with van der Waals surface area (Å²) in [6.45, 7) is 1.02. The van der Waals surface area contributed by atoms with E-state index in [4.69, 9.17) is 0 Å². The standard InChI is InChI=1S/C21H23N3O4S/c1-29(27,28)24-13-4-7-19(24)20(25)22-17-10-8-16(9-11-17)21(26)23-14-12-15-5-2-3-6-18(15)23/h2-3,5-6,8-11,19H,4,7,12-14H2,1H3,(H,22,25). The first-order chi connectivity index (χ1) is 13.8. The van der Waals surface area contributed by atoms with Gasteiger partial charge in [-0.1, -0.05) is 18.2 Å². The van der Waals surface area contributed by atoms with Gasteiger partial charge in [0.15, 0.2) is 0 Å². The molecule has 0 spiro atoms. The van der Waals surface area contributed by atoms with Crippen molar-refractivity contribution < 1.29 is 18.0 Å². The number of carbonyl (C=O) groups is 2. The van der Waals surface area contributed by atoms with Crippen molar-refractivity contribution in [1.29, 1.82) is 0 Å². The van der Waals surface area contributed by atoms with Crippen LogP contribution in [-0.2, 0) is 21.2 Å². The number of amides is 2. The van der Waals surface area contributed by atoms with E-state index < -0.39 is 16.1 Å². The fourth-order valence-electron chi connectivity index (χ4n) is 4.03. The number of fused-ring (bicyclic) bond motifs is 1. The lowest BCUT2D eigenvalue weighted by atomic mass is 10.1. The summed E-state index contributed by atoms with van der Waals surface area (Å²) in [5.41, 5.74) is 3.18. The molecule has 2 amide bonds. The fourth-order valence-corrected chi connectivity index (χ4v) is 5.15. The predicted octanol–water partition coefficient (Wildman–Crippen LogP) is 2.25. The first-order valence-electron chi connectivity index (χ1n) is 9.62. The Labute approximate surface area is 170 Å². The number of rotatable bonds is 4. The van der Waals surface area contributed by atoms with Gasteiger partial charge in [0.25, 0.3) is 5.91 Å². The number of nitrogens with one attached hydrogen (secondary N) is 1. The van der Waals surface area contributed by atoms with Crippen molar-refractivity contribution in [1.82, 2.24) is 4.31 Å². The third-order valence-electron chi connectivity index (χ3n) is 5.46. The van der Waals surface area contributed by atoms with Gasteiger partial charge in [-0.3, -0.25) is 9.59 Å². The highest BCUT2D eigenvalue weighted by atomic mass is 32.2. The van der Waals surface area contributed by atoms with E-state index >= 15 is 0 Å². The predicted molar refractivity (Wildman–Crippen MR) is 111 cm³/mol. The van der Waals surface area contributed by atoms with Crippen LogP contribution in [0, 0.1) is 0 Å². The van der Waals surface area contributed by atoms with E-state index in [9.17, 15) is 18.0 Å². The van der Waals surface area contributed by atoms with Crippen LogP contribution in [0.2, 0.25) is 0 Å². The minimum atomic E-state index is -3.42. The Morgan fingerprint density at radius 3 is 2.48 bits per heavy atom. The van der Waals surface area contributed by atoms with Crippen LogP contribution >= 0.6 is 0 Å². The molecule has 8 heteroatoms. The molecule has 29 heavy (non-hydrogen) atoms. The molecule has 0 bridgehead atoms. The lowest BCUT2D eigenvalue weighted by Gasteiger charge is -2.21. The molecule has 4 rings (SSSR count). The van der Waals surface area contributed by atoms with Crippen molar-refractivity contribution in [3.05, 3.63) is 59.7 Å². The minimum absolute atomic E-state index is 0.0770. The van der Waals surface area contributed by atoms with Crippen LogP contribution in [0.5, 0.6) is 0 Å². The summed E-state index contributed by atoms with van der Waals surface area (Å²) < 4.78 is 24.9. The van der Waals surface area contributed by atoms with Gasteiger partial charge in [0.1, 0.15) is 6.04 Å². The second-order valence-electron chi connectivity index (χ2n) is 7.43. The van der Waals surface area contributed by atoms with Gasteiger partial charge in [-0.25, -0.2) is 8.42 Å². The van der Waals surface area contributed by atoms with Crippen LogP contribution in [0.15, 0.2) is 48.5 Å². The maximum Gasteiger partial charge on any atom is 0.258 e. The molecule has 2 aromatic rings.